The van der Waals surface area contributed by atoms with Crippen molar-refractivity contribution in [2.75, 3.05) is 6.54 Å². The summed E-state index contributed by atoms with van der Waals surface area (Å²) in [6.45, 7) is 0.973. The van der Waals surface area contributed by atoms with Gasteiger partial charge in [0, 0.05) is 18.1 Å². The molecule has 1 heterocycles. The molecule has 4 nitrogen and oxygen atoms in total. The lowest BCUT2D eigenvalue weighted by Crippen LogP contribution is -2.45. The fourth-order valence-electron chi connectivity index (χ4n) is 3.00. The highest BCUT2D eigenvalue weighted by Crippen LogP contribution is 2.26. The van der Waals surface area contributed by atoms with E-state index in [1.165, 1.54) is 0 Å². The molecule has 0 aromatic heterocycles. The summed E-state index contributed by atoms with van der Waals surface area (Å²) < 4.78 is 0. The number of hydrogen-bond donors (Lipinski definition) is 1. The van der Waals surface area contributed by atoms with E-state index in [0.717, 1.165) is 12.0 Å². The largest absolute Gasteiger partial charge is 0.350 e. The van der Waals surface area contributed by atoms with E-state index >= 15 is 0 Å². The average Bonchev–Trinajstić information content (AvgIpc) is 3.12. The van der Waals surface area contributed by atoms with Crippen molar-refractivity contribution in [1.29, 1.82) is 0 Å². The van der Waals surface area contributed by atoms with Crippen LogP contribution in [-0.2, 0) is 11.3 Å². The molecule has 6 heteroatoms. The molecule has 0 saturated carbocycles. The summed E-state index contributed by atoms with van der Waals surface area (Å²) in [4.78, 5) is 26.9. The predicted octanol–water partition coefficient (Wildman–Crippen LogP) is 3.91. The Bertz CT molecular complexity index is 780. The van der Waals surface area contributed by atoms with Crippen LogP contribution in [0.25, 0.3) is 0 Å². The van der Waals surface area contributed by atoms with Gasteiger partial charge in [-0.1, -0.05) is 53.5 Å². The quantitative estimate of drug-likeness (QED) is 0.878. The van der Waals surface area contributed by atoms with Crippen LogP contribution >= 0.6 is 23.2 Å². The van der Waals surface area contributed by atoms with Gasteiger partial charge in [0.1, 0.15) is 6.04 Å². The molecule has 0 spiro atoms. The lowest BCUT2D eigenvalue weighted by Gasteiger charge is -2.24. The minimum Gasteiger partial charge on any atom is -0.350 e. The topological polar surface area (TPSA) is 49.4 Å². The first kappa shape index (κ1) is 17.8. The van der Waals surface area contributed by atoms with Crippen molar-refractivity contribution in [3.05, 3.63) is 69.7 Å². The minimum atomic E-state index is -0.480. The van der Waals surface area contributed by atoms with E-state index in [-0.39, 0.29) is 11.8 Å². The van der Waals surface area contributed by atoms with Gasteiger partial charge in [-0.2, -0.15) is 0 Å². The smallest absolute Gasteiger partial charge is 0.256 e. The van der Waals surface area contributed by atoms with E-state index < -0.39 is 6.04 Å². The van der Waals surface area contributed by atoms with Crippen LogP contribution in [0.15, 0.2) is 48.5 Å². The molecule has 2 aromatic carbocycles. The van der Waals surface area contributed by atoms with Crippen LogP contribution in [0.5, 0.6) is 0 Å². The minimum absolute atomic E-state index is 0.146. The number of nitrogens with zero attached hydrogens (tertiary/aromatic N) is 1. The number of rotatable bonds is 4. The Labute approximate surface area is 156 Å². The zero-order chi connectivity index (χ0) is 17.8. The van der Waals surface area contributed by atoms with Gasteiger partial charge in [-0.3, -0.25) is 9.59 Å². The second kappa shape index (κ2) is 7.89. The number of nitrogens with one attached hydrogen (secondary N) is 1. The van der Waals surface area contributed by atoms with E-state index in [4.69, 9.17) is 23.2 Å². The van der Waals surface area contributed by atoms with E-state index in [1.54, 1.807) is 23.1 Å². The Kier molecular flexibility index (Phi) is 5.61. The third-order valence-electron chi connectivity index (χ3n) is 4.28. The summed E-state index contributed by atoms with van der Waals surface area (Å²) in [5, 5.41) is 3.69. The zero-order valence-electron chi connectivity index (χ0n) is 13.5. The van der Waals surface area contributed by atoms with Gasteiger partial charge in [-0.15, -0.1) is 0 Å². The van der Waals surface area contributed by atoms with E-state index in [0.29, 0.717) is 35.1 Å². The van der Waals surface area contributed by atoms with Gasteiger partial charge in [-0.25, -0.2) is 0 Å². The Morgan fingerprint density at radius 2 is 1.88 bits per heavy atom. The van der Waals surface area contributed by atoms with Crippen LogP contribution in [0.2, 0.25) is 10.0 Å². The molecular weight excluding hydrogens is 359 g/mol. The fourth-order valence-corrected chi connectivity index (χ4v) is 3.37. The number of halogens is 2. The summed E-state index contributed by atoms with van der Waals surface area (Å²) in [5.41, 5.74) is 1.35. The SMILES string of the molecule is O=C(NCc1ccccc1)[C@H]1CCCN1C(=O)c1cc(Cl)ccc1Cl. The number of carbonyl (C=O) groups excluding carboxylic acids is 2. The van der Waals surface area contributed by atoms with Crippen molar-refractivity contribution in [3.8, 4) is 0 Å². The van der Waals surface area contributed by atoms with Crippen molar-refractivity contribution in [2.24, 2.45) is 0 Å². The normalized spacial score (nSPS) is 16.7. The van der Waals surface area contributed by atoms with Gasteiger partial charge in [0.2, 0.25) is 5.91 Å². The molecule has 1 aliphatic rings. The molecular formula is C19H18Cl2N2O2. The molecule has 130 valence electrons. The highest BCUT2D eigenvalue weighted by Gasteiger charge is 2.35. The second-order valence-corrected chi connectivity index (χ2v) is 6.83. The van der Waals surface area contributed by atoms with Crippen molar-refractivity contribution in [1.82, 2.24) is 10.2 Å². The molecule has 0 unspecified atom stereocenters. The van der Waals surface area contributed by atoms with E-state index in [2.05, 4.69) is 5.32 Å². The highest BCUT2D eigenvalue weighted by molar-refractivity contribution is 6.35. The maximum Gasteiger partial charge on any atom is 0.256 e. The Morgan fingerprint density at radius 3 is 2.64 bits per heavy atom. The van der Waals surface area contributed by atoms with Crippen molar-refractivity contribution >= 4 is 35.0 Å². The van der Waals surface area contributed by atoms with Crippen molar-refractivity contribution in [3.63, 3.8) is 0 Å². The molecule has 25 heavy (non-hydrogen) atoms. The summed E-state index contributed by atoms with van der Waals surface area (Å²) >= 11 is 12.1. The third kappa shape index (κ3) is 4.14. The molecule has 1 fully saturated rings. The van der Waals surface area contributed by atoms with Crippen LogP contribution in [-0.4, -0.2) is 29.3 Å². The molecule has 1 atom stereocenters. The lowest BCUT2D eigenvalue weighted by atomic mass is 10.1. The van der Waals surface area contributed by atoms with Crippen LogP contribution in [0.3, 0.4) is 0 Å². The molecule has 1 aliphatic heterocycles. The Hall–Kier alpha value is -2.04. The van der Waals surface area contributed by atoms with Crippen LogP contribution in [0.4, 0.5) is 0 Å². The molecule has 2 amide bonds. The first-order valence-electron chi connectivity index (χ1n) is 8.14. The van der Waals surface area contributed by atoms with Gasteiger partial charge in [0.05, 0.1) is 10.6 Å². The van der Waals surface area contributed by atoms with Gasteiger partial charge in [0.15, 0.2) is 0 Å². The lowest BCUT2D eigenvalue weighted by molar-refractivity contribution is -0.125. The Balaban J connectivity index is 1.70. The van der Waals surface area contributed by atoms with Gasteiger partial charge >= 0.3 is 0 Å². The van der Waals surface area contributed by atoms with Crippen molar-refractivity contribution in [2.45, 2.75) is 25.4 Å². The number of benzene rings is 2. The van der Waals surface area contributed by atoms with Crippen LogP contribution in [0.1, 0.15) is 28.8 Å². The van der Waals surface area contributed by atoms with Crippen LogP contribution in [0, 0.1) is 0 Å². The Morgan fingerprint density at radius 1 is 1.12 bits per heavy atom. The molecule has 0 bridgehead atoms. The summed E-state index contributed by atoms with van der Waals surface area (Å²) in [5.74, 6) is -0.405. The molecule has 0 radical (unpaired) electrons. The predicted molar refractivity (Wildman–Crippen MR) is 98.8 cm³/mol. The van der Waals surface area contributed by atoms with Gasteiger partial charge in [-0.05, 0) is 36.6 Å². The summed E-state index contributed by atoms with van der Waals surface area (Å²) in [6.07, 6.45) is 1.43. The molecule has 1 saturated heterocycles. The summed E-state index contributed by atoms with van der Waals surface area (Å²) in [6, 6.07) is 14.0. The number of likely N-dealkylation sites (tertiary alicyclic amines) is 1. The first-order valence-corrected chi connectivity index (χ1v) is 8.89. The standard InChI is InChI=1S/C19H18Cl2N2O2/c20-14-8-9-16(21)15(11-14)19(25)23-10-4-7-17(23)18(24)22-12-13-5-2-1-3-6-13/h1-3,5-6,8-9,11,17H,4,7,10,12H2,(H,22,24)/t17-/m1/s1. The maximum absolute atomic E-state index is 12.8. The fraction of sp³-hybridized carbons (Fsp3) is 0.263. The number of carbonyl (C=O) groups is 2. The highest BCUT2D eigenvalue weighted by atomic mass is 35.5. The van der Waals surface area contributed by atoms with E-state index in [9.17, 15) is 9.59 Å². The molecule has 1 N–H and O–H groups in total. The molecule has 0 aliphatic carbocycles. The maximum atomic E-state index is 12.8. The molecule has 3 rings (SSSR count). The number of hydrogen-bond acceptors (Lipinski definition) is 2. The summed E-state index contributed by atoms with van der Waals surface area (Å²) in [7, 11) is 0. The van der Waals surface area contributed by atoms with Crippen molar-refractivity contribution < 1.29 is 9.59 Å². The van der Waals surface area contributed by atoms with Crippen LogP contribution < -0.4 is 5.32 Å². The number of amides is 2. The van der Waals surface area contributed by atoms with Gasteiger partial charge in [0.25, 0.3) is 5.91 Å². The monoisotopic (exact) mass is 376 g/mol. The zero-order valence-corrected chi connectivity index (χ0v) is 15.1. The average molecular weight is 377 g/mol. The molecule has 2 aromatic rings. The van der Waals surface area contributed by atoms with Gasteiger partial charge < -0.3 is 10.2 Å². The first-order chi connectivity index (χ1) is 12.1. The second-order valence-electron chi connectivity index (χ2n) is 5.98. The third-order valence-corrected chi connectivity index (χ3v) is 4.85. The van der Waals surface area contributed by atoms with E-state index in [1.807, 2.05) is 30.3 Å².